The standard InChI is InChI=1S/C14H8ClFN2O3/c15-11-5-7(16)1-3-9(11)13-17-14(21-18-13)10-4-2-8(19)6-12(10)20/h1-6,19-20H. The van der Waals surface area contributed by atoms with Crippen molar-refractivity contribution in [1.82, 2.24) is 10.1 Å². The highest BCUT2D eigenvalue weighted by Gasteiger charge is 2.16. The molecule has 0 aliphatic rings. The molecule has 0 unspecified atom stereocenters. The number of hydrogen-bond acceptors (Lipinski definition) is 5. The molecular weight excluding hydrogens is 299 g/mol. The maximum atomic E-state index is 13.0. The monoisotopic (exact) mass is 306 g/mol. The predicted octanol–water partition coefficient (Wildman–Crippen LogP) is 3.61. The van der Waals surface area contributed by atoms with Gasteiger partial charge in [-0.05, 0) is 30.3 Å². The molecule has 2 aromatic carbocycles. The third-order valence-corrected chi connectivity index (χ3v) is 3.12. The van der Waals surface area contributed by atoms with Crippen LogP contribution in [-0.2, 0) is 0 Å². The van der Waals surface area contributed by atoms with Gasteiger partial charge in [0.2, 0.25) is 5.82 Å². The van der Waals surface area contributed by atoms with E-state index in [0.717, 1.165) is 12.1 Å². The van der Waals surface area contributed by atoms with Crippen molar-refractivity contribution in [2.75, 3.05) is 0 Å². The highest BCUT2D eigenvalue weighted by molar-refractivity contribution is 6.33. The van der Waals surface area contributed by atoms with E-state index in [0.29, 0.717) is 5.56 Å². The first-order valence-corrected chi connectivity index (χ1v) is 6.24. The topological polar surface area (TPSA) is 79.4 Å². The second-order valence-electron chi connectivity index (χ2n) is 4.25. The van der Waals surface area contributed by atoms with Crippen molar-refractivity contribution >= 4 is 11.6 Å². The Balaban J connectivity index is 2.03. The molecule has 7 heteroatoms. The number of halogens is 2. The highest BCUT2D eigenvalue weighted by Crippen LogP contribution is 2.33. The molecule has 3 rings (SSSR count). The number of nitrogens with zero attached hydrogens (tertiary/aromatic N) is 2. The molecule has 21 heavy (non-hydrogen) atoms. The number of phenolic OH excluding ortho intramolecular Hbond substituents is 2. The van der Waals surface area contributed by atoms with Gasteiger partial charge in [-0.25, -0.2) is 4.39 Å². The molecule has 0 saturated heterocycles. The van der Waals surface area contributed by atoms with Gasteiger partial charge in [-0.15, -0.1) is 0 Å². The minimum atomic E-state index is -0.469. The Bertz CT molecular complexity index is 754. The molecule has 106 valence electrons. The SMILES string of the molecule is Oc1ccc(-c2nc(-c3ccc(F)cc3Cl)no2)c(O)c1. The van der Waals surface area contributed by atoms with Crippen molar-refractivity contribution in [3.8, 4) is 34.3 Å². The summed E-state index contributed by atoms with van der Waals surface area (Å²) in [5.74, 6) is -0.526. The van der Waals surface area contributed by atoms with Crippen LogP contribution in [0, 0.1) is 5.82 Å². The van der Waals surface area contributed by atoms with E-state index in [1.165, 1.54) is 24.3 Å². The molecule has 0 amide bonds. The van der Waals surface area contributed by atoms with Gasteiger partial charge in [0.25, 0.3) is 5.89 Å². The number of rotatable bonds is 2. The second kappa shape index (κ2) is 5.06. The zero-order valence-electron chi connectivity index (χ0n) is 10.4. The molecular formula is C14H8ClFN2O3. The van der Waals surface area contributed by atoms with Gasteiger partial charge in [-0.3, -0.25) is 0 Å². The van der Waals surface area contributed by atoms with Crippen molar-refractivity contribution < 1.29 is 19.1 Å². The van der Waals surface area contributed by atoms with Crippen LogP contribution in [0.1, 0.15) is 0 Å². The first kappa shape index (κ1) is 13.4. The van der Waals surface area contributed by atoms with Crippen LogP contribution < -0.4 is 0 Å². The lowest BCUT2D eigenvalue weighted by Crippen LogP contribution is -1.84. The molecule has 0 spiro atoms. The fraction of sp³-hybridized carbons (Fsp3) is 0. The van der Waals surface area contributed by atoms with Gasteiger partial charge < -0.3 is 14.7 Å². The van der Waals surface area contributed by atoms with Gasteiger partial charge in [0, 0.05) is 11.6 Å². The fourth-order valence-electron chi connectivity index (χ4n) is 1.81. The van der Waals surface area contributed by atoms with Crippen molar-refractivity contribution in [3.05, 3.63) is 47.2 Å². The van der Waals surface area contributed by atoms with Crippen molar-refractivity contribution in [2.24, 2.45) is 0 Å². The Hall–Kier alpha value is -2.60. The van der Waals surface area contributed by atoms with Gasteiger partial charge in [-0.2, -0.15) is 4.98 Å². The molecule has 1 aromatic heterocycles. The van der Waals surface area contributed by atoms with E-state index < -0.39 is 5.82 Å². The summed E-state index contributed by atoms with van der Waals surface area (Å²) in [7, 11) is 0. The Morgan fingerprint density at radius 2 is 1.81 bits per heavy atom. The van der Waals surface area contributed by atoms with Crippen LogP contribution in [0.3, 0.4) is 0 Å². The quantitative estimate of drug-likeness (QED) is 0.756. The van der Waals surface area contributed by atoms with Crippen LogP contribution in [0.5, 0.6) is 11.5 Å². The third kappa shape index (κ3) is 2.53. The normalized spacial score (nSPS) is 10.8. The second-order valence-corrected chi connectivity index (χ2v) is 4.66. The van der Waals surface area contributed by atoms with Gasteiger partial charge >= 0.3 is 0 Å². The summed E-state index contributed by atoms with van der Waals surface area (Å²) >= 11 is 5.93. The maximum absolute atomic E-state index is 13.0. The molecule has 0 fully saturated rings. The molecule has 5 nitrogen and oxygen atoms in total. The number of aromatic nitrogens is 2. The fourth-order valence-corrected chi connectivity index (χ4v) is 2.07. The smallest absolute Gasteiger partial charge is 0.262 e. The molecule has 0 saturated carbocycles. The molecule has 0 radical (unpaired) electrons. The molecule has 0 atom stereocenters. The molecule has 2 N–H and O–H groups in total. The highest BCUT2D eigenvalue weighted by atomic mass is 35.5. The van der Waals surface area contributed by atoms with E-state index in [-0.39, 0.29) is 33.8 Å². The summed E-state index contributed by atoms with van der Waals surface area (Å²) in [4.78, 5) is 4.11. The van der Waals surface area contributed by atoms with Crippen LogP contribution in [-0.4, -0.2) is 20.4 Å². The Labute approximate surface area is 123 Å². The lowest BCUT2D eigenvalue weighted by molar-refractivity contribution is 0.423. The van der Waals surface area contributed by atoms with Crippen LogP contribution in [0.2, 0.25) is 5.02 Å². The minimum Gasteiger partial charge on any atom is -0.508 e. The third-order valence-electron chi connectivity index (χ3n) is 2.81. The Kier molecular flexibility index (Phi) is 3.23. The van der Waals surface area contributed by atoms with Crippen LogP contribution in [0.4, 0.5) is 4.39 Å². The molecule has 0 bridgehead atoms. The lowest BCUT2D eigenvalue weighted by Gasteiger charge is -1.99. The summed E-state index contributed by atoms with van der Waals surface area (Å²) in [6, 6.07) is 7.78. The summed E-state index contributed by atoms with van der Waals surface area (Å²) in [5.41, 5.74) is 0.677. The summed E-state index contributed by atoms with van der Waals surface area (Å²) < 4.78 is 18.1. The summed E-state index contributed by atoms with van der Waals surface area (Å²) in [6.45, 7) is 0. The number of hydrogen-bond donors (Lipinski definition) is 2. The zero-order valence-corrected chi connectivity index (χ0v) is 11.2. The van der Waals surface area contributed by atoms with Gasteiger partial charge in [0.05, 0.1) is 10.6 Å². The first-order chi connectivity index (χ1) is 10.0. The van der Waals surface area contributed by atoms with Crippen molar-refractivity contribution in [2.45, 2.75) is 0 Å². The zero-order chi connectivity index (χ0) is 15.0. The molecule has 1 heterocycles. The van der Waals surface area contributed by atoms with Crippen LogP contribution in [0.25, 0.3) is 22.8 Å². The maximum Gasteiger partial charge on any atom is 0.262 e. The van der Waals surface area contributed by atoms with Crippen molar-refractivity contribution in [1.29, 1.82) is 0 Å². The average Bonchev–Trinajstić information content (AvgIpc) is 2.87. The van der Waals surface area contributed by atoms with E-state index in [4.69, 9.17) is 16.1 Å². The average molecular weight is 307 g/mol. The molecule has 0 aliphatic carbocycles. The number of phenols is 2. The predicted molar refractivity (Wildman–Crippen MR) is 73.5 cm³/mol. The first-order valence-electron chi connectivity index (χ1n) is 5.86. The van der Waals surface area contributed by atoms with Crippen molar-refractivity contribution in [3.63, 3.8) is 0 Å². The number of benzene rings is 2. The van der Waals surface area contributed by atoms with E-state index in [1.807, 2.05) is 0 Å². The molecule has 0 aliphatic heterocycles. The van der Waals surface area contributed by atoms with E-state index in [9.17, 15) is 14.6 Å². The van der Waals surface area contributed by atoms with E-state index >= 15 is 0 Å². The van der Waals surface area contributed by atoms with E-state index in [2.05, 4.69) is 10.1 Å². The summed E-state index contributed by atoms with van der Waals surface area (Å²) in [5, 5.41) is 22.9. The summed E-state index contributed by atoms with van der Waals surface area (Å²) in [6.07, 6.45) is 0. The largest absolute Gasteiger partial charge is 0.508 e. The minimum absolute atomic E-state index is 0.0582. The number of aromatic hydroxyl groups is 2. The Morgan fingerprint density at radius 3 is 2.52 bits per heavy atom. The van der Waals surface area contributed by atoms with Gasteiger partial charge in [0.1, 0.15) is 17.3 Å². The van der Waals surface area contributed by atoms with Crippen LogP contribution in [0.15, 0.2) is 40.9 Å². The lowest BCUT2D eigenvalue weighted by atomic mass is 10.2. The van der Waals surface area contributed by atoms with Crippen LogP contribution >= 0.6 is 11.6 Å². The Morgan fingerprint density at radius 1 is 1.05 bits per heavy atom. The van der Waals surface area contributed by atoms with E-state index in [1.54, 1.807) is 0 Å². The van der Waals surface area contributed by atoms with Gasteiger partial charge in [-0.1, -0.05) is 16.8 Å². The molecule has 3 aromatic rings. The van der Waals surface area contributed by atoms with Gasteiger partial charge in [0.15, 0.2) is 0 Å².